The van der Waals surface area contributed by atoms with Crippen molar-refractivity contribution in [2.45, 2.75) is 6.92 Å². The molecule has 0 atom stereocenters. The molecule has 0 fully saturated rings. The molecule has 0 radical (unpaired) electrons. The zero-order valence-electron chi connectivity index (χ0n) is 12.5. The van der Waals surface area contributed by atoms with Gasteiger partial charge in [0, 0.05) is 17.9 Å². The minimum Gasteiger partial charge on any atom is -0.497 e. The first-order valence-electron chi connectivity index (χ1n) is 6.57. The van der Waals surface area contributed by atoms with Gasteiger partial charge in [0.25, 0.3) is 0 Å². The van der Waals surface area contributed by atoms with E-state index in [4.69, 9.17) is 9.47 Å². The van der Waals surface area contributed by atoms with Gasteiger partial charge in [-0.15, -0.1) is 11.3 Å². The monoisotopic (exact) mass is 334 g/mol. The fraction of sp³-hybridized carbons (Fsp3) is 0.200. The molecule has 8 heteroatoms. The molecule has 0 aliphatic carbocycles. The van der Waals surface area contributed by atoms with Gasteiger partial charge in [-0.1, -0.05) is 12.1 Å². The van der Waals surface area contributed by atoms with Crippen LogP contribution in [-0.2, 0) is 9.53 Å². The Morgan fingerprint density at radius 3 is 2.78 bits per heavy atom. The van der Waals surface area contributed by atoms with Gasteiger partial charge in [0.15, 0.2) is 23.2 Å². The number of hydrogen-bond acceptors (Lipinski definition) is 7. The maximum absolute atomic E-state index is 12.0. The SMILES string of the molecule is COc1cccc(C(=O)COC(=O)c2csc(NC(C)=O)n2)c1. The number of thiazole rings is 1. The summed E-state index contributed by atoms with van der Waals surface area (Å²) in [5.74, 6) is -0.822. The zero-order chi connectivity index (χ0) is 16.8. The number of amides is 1. The van der Waals surface area contributed by atoms with Crippen molar-refractivity contribution in [2.75, 3.05) is 19.0 Å². The third-order valence-corrected chi connectivity index (χ3v) is 3.48. The second-order valence-corrected chi connectivity index (χ2v) is 5.31. The molecule has 0 saturated heterocycles. The number of ether oxygens (including phenoxy) is 2. The molecule has 23 heavy (non-hydrogen) atoms. The topological polar surface area (TPSA) is 94.6 Å². The van der Waals surface area contributed by atoms with Crippen LogP contribution in [0.4, 0.5) is 5.13 Å². The van der Waals surface area contributed by atoms with Crippen LogP contribution in [0.25, 0.3) is 0 Å². The first-order valence-corrected chi connectivity index (χ1v) is 7.45. The van der Waals surface area contributed by atoms with Crippen LogP contribution in [0.5, 0.6) is 5.75 Å². The Bertz CT molecular complexity index is 741. The van der Waals surface area contributed by atoms with Crippen molar-refractivity contribution < 1.29 is 23.9 Å². The predicted octanol–water partition coefficient (Wildman–Crippen LogP) is 2.15. The van der Waals surface area contributed by atoms with E-state index >= 15 is 0 Å². The molecule has 2 aromatic rings. The van der Waals surface area contributed by atoms with E-state index in [-0.39, 0.29) is 17.4 Å². The fourth-order valence-electron chi connectivity index (χ4n) is 1.66. The summed E-state index contributed by atoms with van der Waals surface area (Å²) in [5, 5.41) is 4.21. The number of methoxy groups -OCH3 is 1. The molecule has 7 nitrogen and oxygen atoms in total. The van der Waals surface area contributed by atoms with Crippen molar-refractivity contribution in [3.63, 3.8) is 0 Å². The molecule has 0 aliphatic heterocycles. The summed E-state index contributed by atoms with van der Waals surface area (Å²) >= 11 is 1.10. The Labute approximate surface area is 136 Å². The molecule has 120 valence electrons. The van der Waals surface area contributed by atoms with Gasteiger partial charge < -0.3 is 14.8 Å². The van der Waals surface area contributed by atoms with Gasteiger partial charge in [0.2, 0.25) is 5.91 Å². The molecule has 2 rings (SSSR count). The number of anilines is 1. The molecule has 1 amide bonds. The largest absolute Gasteiger partial charge is 0.497 e. The molecule has 1 aromatic carbocycles. The van der Waals surface area contributed by atoms with Crippen LogP contribution in [-0.4, -0.2) is 36.4 Å². The van der Waals surface area contributed by atoms with Crippen molar-refractivity contribution in [1.29, 1.82) is 0 Å². The smallest absolute Gasteiger partial charge is 0.358 e. The highest BCUT2D eigenvalue weighted by atomic mass is 32.1. The number of nitrogens with one attached hydrogen (secondary N) is 1. The average molecular weight is 334 g/mol. The van der Waals surface area contributed by atoms with Gasteiger partial charge in [0.05, 0.1) is 7.11 Å². The molecular formula is C15H14N2O5S. The Balaban J connectivity index is 1.94. The summed E-state index contributed by atoms with van der Waals surface area (Å²) in [4.78, 5) is 38.6. The summed E-state index contributed by atoms with van der Waals surface area (Å²) < 4.78 is 9.97. The minimum atomic E-state index is -0.728. The van der Waals surface area contributed by atoms with Gasteiger partial charge in [-0.05, 0) is 12.1 Å². The van der Waals surface area contributed by atoms with Crippen LogP contribution in [0.2, 0.25) is 0 Å². The number of ketones is 1. The summed E-state index contributed by atoms with van der Waals surface area (Å²) in [7, 11) is 1.50. The Morgan fingerprint density at radius 1 is 1.30 bits per heavy atom. The number of aromatic nitrogens is 1. The normalized spacial score (nSPS) is 10.0. The quantitative estimate of drug-likeness (QED) is 0.642. The maximum Gasteiger partial charge on any atom is 0.358 e. The molecule has 0 spiro atoms. The van der Waals surface area contributed by atoms with E-state index in [0.29, 0.717) is 16.4 Å². The molecule has 1 aromatic heterocycles. The number of nitrogens with zero attached hydrogens (tertiary/aromatic N) is 1. The first kappa shape index (κ1) is 16.6. The van der Waals surface area contributed by atoms with Crippen molar-refractivity contribution in [3.8, 4) is 5.75 Å². The zero-order valence-corrected chi connectivity index (χ0v) is 13.3. The molecule has 0 unspecified atom stereocenters. The maximum atomic E-state index is 12.0. The van der Waals surface area contributed by atoms with Crippen molar-refractivity contribution in [3.05, 3.63) is 40.9 Å². The summed E-state index contributed by atoms with van der Waals surface area (Å²) in [6.45, 7) is 0.936. The van der Waals surface area contributed by atoms with Crippen LogP contribution >= 0.6 is 11.3 Å². The number of esters is 1. The molecule has 0 saturated carbocycles. The minimum absolute atomic E-state index is 0.0391. The number of benzene rings is 1. The molecule has 0 aliphatic rings. The lowest BCUT2D eigenvalue weighted by Crippen LogP contribution is -2.15. The average Bonchev–Trinajstić information content (AvgIpc) is 3.00. The van der Waals surface area contributed by atoms with E-state index < -0.39 is 12.6 Å². The summed E-state index contributed by atoms with van der Waals surface area (Å²) in [5.41, 5.74) is 0.423. The van der Waals surface area contributed by atoms with E-state index in [1.165, 1.54) is 19.4 Å². The Hall–Kier alpha value is -2.74. The number of hydrogen-bond donors (Lipinski definition) is 1. The first-order chi connectivity index (χ1) is 11.0. The van der Waals surface area contributed by atoms with Crippen LogP contribution < -0.4 is 10.1 Å². The van der Waals surface area contributed by atoms with Gasteiger partial charge in [-0.25, -0.2) is 9.78 Å². The molecule has 0 bridgehead atoms. The third-order valence-electron chi connectivity index (χ3n) is 2.72. The Kier molecular flexibility index (Phi) is 5.42. The Morgan fingerprint density at radius 2 is 2.09 bits per heavy atom. The van der Waals surface area contributed by atoms with Gasteiger partial charge >= 0.3 is 5.97 Å². The number of rotatable bonds is 6. The number of carbonyl (C=O) groups is 3. The second-order valence-electron chi connectivity index (χ2n) is 4.45. The highest BCUT2D eigenvalue weighted by molar-refractivity contribution is 7.14. The molecular weight excluding hydrogens is 320 g/mol. The lowest BCUT2D eigenvalue weighted by atomic mass is 10.1. The van der Waals surface area contributed by atoms with E-state index in [9.17, 15) is 14.4 Å². The van der Waals surface area contributed by atoms with E-state index in [1.807, 2.05) is 0 Å². The number of carbonyl (C=O) groups excluding carboxylic acids is 3. The predicted molar refractivity (Wildman–Crippen MR) is 84.0 cm³/mol. The highest BCUT2D eigenvalue weighted by Crippen LogP contribution is 2.16. The van der Waals surface area contributed by atoms with Crippen LogP contribution in [0.1, 0.15) is 27.8 Å². The van der Waals surface area contributed by atoms with Crippen LogP contribution in [0.3, 0.4) is 0 Å². The van der Waals surface area contributed by atoms with E-state index in [0.717, 1.165) is 11.3 Å². The summed E-state index contributed by atoms with van der Waals surface area (Å²) in [6.07, 6.45) is 0. The summed E-state index contributed by atoms with van der Waals surface area (Å²) in [6, 6.07) is 6.56. The molecule has 1 heterocycles. The highest BCUT2D eigenvalue weighted by Gasteiger charge is 2.15. The lowest BCUT2D eigenvalue weighted by molar-refractivity contribution is -0.114. The van der Waals surface area contributed by atoms with E-state index in [1.54, 1.807) is 24.3 Å². The molecule has 1 N–H and O–H groups in total. The van der Waals surface area contributed by atoms with Crippen LogP contribution in [0, 0.1) is 0 Å². The van der Waals surface area contributed by atoms with Crippen molar-refractivity contribution >= 4 is 34.1 Å². The lowest BCUT2D eigenvalue weighted by Gasteiger charge is -2.04. The van der Waals surface area contributed by atoms with Crippen molar-refractivity contribution in [2.24, 2.45) is 0 Å². The third kappa shape index (κ3) is 4.62. The van der Waals surface area contributed by atoms with Gasteiger partial charge in [-0.3, -0.25) is 9.59 Å². The fourth-order valence-corrected chi connectivity index (χ4v) is 2.39. The van der Waals surface area contributed by atoms with Crippen LogP contribution in [0.15, 0.2) is 29.6 Å². The standard InChI is InChI=1S/C15H14N2O5S/c1-9(18)16-15-17-12(8-23-15)14(20)22-7-13(19)10-4-3-5-11(6-10)21-2/h3-6,8H,7H2,1-2H3,(H,16,17,18). The van der Waals surface area contributed by atoms with Gasteiger partial charge in [-0.2, -0.15) is 0 Å². The van der Waals surface area contributed by atoms with Crippen molar-refractivity contribution in [1.82, 2.24) is 4.98 Å². The number of Topliss-reactive ketones (excluding diaryl/α,β-unsaturated/α-hetero) is 1. The van der Waals surface area contributed by atoms with E-state index in [2.05, 4.69) is 10.3 Å². The second kappa shape index (κ2) is 7.50. The van der Waals surface area contributed by atoms with Gasteiger partial charge in [0.1, 0.15) is 5.75 Å².